The SMILES string of the molecule is O=C(O)c1noc2nc(Br)ccc12. The third kappa shape index (κ3) is 1.29. The van der Waals surface area contributed by atoms with E-state index < -0.39 is 5.97 Å². The van der Waals surface area contributed by atoms with E-state index in [0.717, 1.165) is 0 Å². The summed E-state index contributed by atoms with van der Waals surface area (Å²) in [6, 6.07) is 3.22. The van der Waals surface area contributed by atoms with Crippen LogP contribution in [0, 0.1) is 0 Å². The Morgan fingerprint density at radius 2 is 2.31 bits per heavy atom. The zero-order valence-electron chi connectivity index (χ0n) is 6.19. The largest absolute Gasteiger partial charge is 0.476 e. The second kappa shape index (κ2) is 2.81. The fourth-order valence-corrected chi connectivity index (χ4v) is 1.25. The summed E-state index contributed by atoms with van der Waals surface area (Å²) in [7, 11) is 0. The van der Waals surface area contributed by atoms with E-state index in [-0.39, 0.29) is 11.4 Å². The average Bonchev–Trinajstić information content (AvgIpc) is 2.46. The molecule has 0 saturated carbocycles. The van der Waals surface area contributed by atoms with E-state index in [2.05, 4.69) is 26.1 Å². The van der Waals surface area contributed by atoms with Gasteiger partial charge in [-0.2, -0.15) is 0 Å². The first-order valence-electron chi connectivity index (χ1n) is 3.33. The Morgan fingerprint density at radius 3 is 3.00 bits per heavy atom. The van der Waals surface area contributed by atoms with Crippen LogP contribution in [-0.2, 0) is 0 Å². The first-order chi connectivity index (χ1) is 6.18. The zero-order valence-corrected chi connectivity index (χ0v) is 7.78. The number of hydrogen-bond donors (Lipinski definition) is 1. The fraction of sp³-hybridized carbons (Fsp3) is 0. The highest BCUT2D eigenvalue weighted by molar-refractivity contribution is 9.10. The van der Waals surface area contributed by atoms with E-state index in [9.17, 15) is 4.79 Å². The number of fused-ring (bicyclic) bond motifs is 1. The van der Waals surface area contributed by atoms with Crippen molar-refractivity contribution in [2.45, 2.75) is 0 Å². The van der Waals surface area contributed by atoms with Crippen LogP contribution in [0.15, 0.2) is 21.3 Å². The summed E-state index contributed by atoms with van der Waals surface area (Å²) in [4.78, 5) is 14.5. The van der Waals surface area contributed by atoms with Gasteiger partial charge in [0.15, 0.2) is 0 Å². The van der Waals surface area contributed by atoms with Gasteiger partial charge in [-0.1, -0.05) is 5.16 Å². The lowest BCUT2D eigenvalue weighted by atomic mass is 10.3. The van der Waals surface area contributed by atoms with Gasteiger partial charge in [0.05, 0.1) is 5.39 Å². The standard InChI is InChI=1S/C7H3BrN2O3/c8-4-2-1-3-5(7(11)12)10-13-6(3)9-4/h1-2H,(H,11,12). The summed E-state index contributed by atoms with van der Waals surface area (Å²) in [5.41, 5.74) is 0.0989. The topological polar surface area (TPSA) is 76.2 Å². The minimum atomic E-state index is -1.12. The molecule has 2 rings (SSSR count). The van der Waals surface area contributed by atoms with Gasteiger partial charge < -0.3 is 9.63 Å². The molecular formula is C7H3BrN2O3. The molecule has 1 N–H and O–H groups in total. The Balaban J connectivity index is 2.76. The number of carboxylic acid groups (broad SMARTS) is 1. The molecule has 0 saturated heterocycles. The minimum absolute atomic E-state index is 0.116. The van der Waals surface area contributed by atoms with Crippen molar-refractivity contribution in [3.63, 3.8) is 0 Å². The molecule has 66 valence electrons. The van der Waals surface area contributed by atoms with Crippen LogP contribution >= 0.6 is 15.9 Å². The summed E-state index contributed by atoms with van der Waals surface area (Å²) < 4.78 is 5.30. The van der Waals surface area contributed by atoms with Gasteiger partial charge >= 0.3 is 5.97 Å². The molecule has 0 fully saturated rings. The summed E-state index contributed by atoms with van der Waals surface area (Å²) in [5.74, 6) is -1.12. The van der Waals surface area contributed by atoms with Crippen LogP contribution in [0.1, 0.15) is 10.5 Å². The predicted molar refractivity (Wildman–Crippen MR) is 46.5 cm³/mol. The van der Waals surface area contributed by atoms with Crippen molar-refractivity contribution in [3.8, 4) is 0 Å². The number of aromatic carboxylic acids is 1. The van der Waals surface area contributed by atoms with Crippen LogP contribution in [0.2, 0.25) is 0 Å². The van der Waals surface area contributed by atoms with Crippen molar-refractivity contribution in [2.24, 2.45) is 0 Å². The summed E-state index contributed by atoms with van der Waals surface area (Å²) >= 11 is 3.13. The molecule has 0 atom stereocenters. The van der Waals surface area contributed by atoms with Crippen molar-refractivity contribution in [1.29, 1.82) is 0 Å². The van der Waals surface area contributed by atoms with E-state index in [1.165, 1.54) is 0 Å². The smallest absolute Gasteiger partial charge is 0.358 e. The molecule has 2 aromatic heterocycles. The quantitative estimate of drug-likeness (QED) is 0.771. The molecule has 6 heteroatoms. The van der Waals surface area contributed by atoms with Crippen LogP contribution in [0.25, 0.3) is 11.1 Å². The monoisotopic (exact) mass is 242 g/mol. The Morgan fingerprint density at radius 1 is 1.54 bits per heavy atom. The first-order valence-corrected chi connectivity index (χ1v) is 4.13. The molecule has 0 aliphatic carbocycles. The van der Waals surface area contributed by atoms with Crippen molar-refractivity contribution in [3.05, 3.63) is 22.4 Å². The van der Waals surface area contributed by atoms with Gasteiger partial charge in [-0.25, -0.2) is 9.78 Å². The van der Waals surface area contributed by atoms with E-state index in [4.69, 9.17) is 9.63 Å². The van der Waals surface area contributed by atoms with Gasteiger partial charge in [-0.05, 0) is 28.1 Å². The number of nitrogens with zero attached hydrogens (tertiary/aromatic N) is 2. The first kappa shape index (κ1) is 8.18. The number of aromatic nitrogens is 2. The maximum Gasteiger partial charge on any atom is 0.358 e. The van der Waals surface area contributed by atoms with Crippen molar-refractivity contribution < 1.29 is 14.4 Å². The lowest BCUT2D eigenvalue weighted by Gasteiger charge is -1.87. The van der Waals surface area contributed by atoms with Crippen molar-refractivity contribution in [1.82, 2.24) is 10.1 Å². The highest BCUT2D eigenvalue weighted by Gasteiger charge is 2.15. The molecule has 2 heterocycles. The molecule has 5 nitrogen and oxygen atoms in total. The molecule has 0 aliphatic rings. The fourth-order valence-electron chi connectivity index (χ4n) is 0.960. The molecule has 0 aromatic carbocycles. The third-order valence-electron chi connectivity index (χ3n) is 1.51. The maximum atomic E-state index is 10.6. The molecule has 13 heavy (non-hydrogen) atoms. The lowest BCUT2D eigenvalue weighted by Crippen LogP contribution is -1.96. The van der Waals surface area contributed by atoms with Crippen molar-refractivity contribution >= 4 is 33.0 Å². The number of pyridine rings is 1. The molecule has 0 unspecified atom stereocenters. The third-order valence-corrected chi connectivity index (χ3v) is 1.95. The summed E-state index contributed by atoms with van der Waals surface area (Å²) in [6.07, 6.45) is 0. The van der Waals surface area contributed by atoms with Crippen LogP contribution in [0.4, 0.5) is 0 Å². The highest BCUT2D eigenvalue weighted by atomic mass is 79.9. The van der Waals surface area contributed by atoms with E-state index in [1.54, 1.807) is 12.1 Å². The van der Waals surface area contributed by atoms with Gasteiger partial charge in [0.1, 0.15) is 4.60 Å². The van der Waals surface area contributed by atoms with Gasteiger partial charge in [-0.15, -0.1) is 0 Å². The van der Waals surface area contributed by atoms with Gasteiger partial charge in [0, 0.05) is 0 Å². The van der Waals surface area contributed by atoms with Crippen LogP contribution in [0.3, 0.4) is 0 Å². The van der Waals surface area contributed by atoms with E-state index in [1.807, 2.05) is 0 Å². The summed E-state index contributed by atoms with van der Waals surface area (Å²) in [5, 5.41) is 12.5. The van der Waals surface area contributed by atoms with Crippen molar-refractivity contribution in [2.75, 3.05) is 0 Å². The Hall–Kier alpha value is -1.43. The molecule has 2 aromatic rings. The molecule has 0 aliphatic heterocycles. The highest BCUT2D eigenvalue weighted by Crippen LogP contribution is 2.18. The number of halogens is 1. The Kier molecular flexibility index (Phi) is 1.77. The molecule has 0 amide bonds. The van der Waals surface area contributed by atoms with E-state index >= 15 is 0 Å². The second-order valence-electron chi connectivity index (χ2n) is 2.32. The Bertz CT molecular complexity index is 480. The minimum Gasteiger partial charge on any atom is -0.476 e. The van der Waals surface area contributed by atoms with Crippen LogP contribution < -0.4 is 0 Å². The molecule has 0 radical (unpaired) electrons. The number of rotatable bonds is 1. The predicted octanol–water partition coefficient (Wildman–Crippen LogP) is 1.68. The maximum absolute atomic E-state index is 10.6. The average molecular weight is 243 g/mol. The van der Waals surface area contributed by atoms with Crippen LogP contribution in [0.5, 0.6) is 0 Å². The van der Waals surface area contributed by atoms with E-state index in [0.29, 0.717) is 9.99 Å². The molecule has 0 spiro atoms. The lowest BCUT2D eigenvalue weighted by molar-refractivity contribution is 0.0688. The number of hydrogen-bond acceptors (Lipinski definition) is 4. The number of carboxylic acids is 1. The Labute approximate surface area is 80.5 Å². The molecule has 0 bridgehead atoms. The van der Waals surface area contributed by atoms with Gasteiger partial charge in [-0.3, -0.25) is 0 Å². The van der Waals surface area contributed by atoms with Crippen LogP contribution in [-0.4, -0.2) is 21.2 Å². The summed E-state index contributed by atoms with van der Waals surface area (Å²) in [6.45, 7) is 0. The van der Waals surface area contributed by atoms with Gasteiger partial charge in [0.25, 0.3) is 5.71 Å². The normalized spacial score (nSPS) is 10.5. The molecular weight excluding hydrogens is 240 g/mol. The van der Waals surface area contributed by atoms with Gasteiger partial charge in [0.2, 0.25) is 5.69 Å². The second-order valence-corrected chi connectivity index (χ2v) is 3.14. The zero-order chi connectivity index (χ0) is 9.42. The number of carbonyl (C=O) groups is 1.